The number of para-hydroxylation sites is 2. The lowest BCUT2D eigenvalue weighted by atomic mass is 10.1. The fourth-order valence-electron chi connectivity index (χ4n) is 3.07. The predicted octanol–water partition coefficient (Wildman–Crippen LogP) is 3.82. The second kappa shape index (κ2) is 8.48. The molecule has 0 radical (unpaired) electrons. The molecule has 148 valence electrons. The molecular formula is C21H22N6OS. The molecule has 29 heavy (non-hydrogen) atoms. The number of fused-ring (bicyclic) bond motifs is 1. The maximum atomic E-state index is 12.4. The number of hydrogen-bond acceptors (Lipinski definition) is 5. The van der Waals surface area contributed by atoms with Gasteiger partial charge >= 0.3 is 0 Å². The zero-order valence-corrected chi connectivity index (χ0v) is 17.1. The summed E-state index contributed by atoms with van der Waals surface area (Å²) in [4.78, 5) is 24.3. The van der Waals surface area contributed by atoms with Crippen LogP contribution in [0.1, 0.15) is 36.5 Å². The number of thioether (sulfide) groups is 1. The van der Waals surface area contributed by atoms with Crippen molar-refractivity contribution < 1.29 is 4.79 Å². The highest BCUT2D eigenvalue weighted by molar-refractivity contribution is 8.00. The Morgan fingerprint density at radius 1 is 1.17 bits per heavy atom. The van der Waals surface area contributed by atoms with Gasteiger partial charge in [0.2, 0.25) is 5.91 Å². The van der Waals surface area contributed by atoms with Crippen molar-refractivity contribution in [2.75, 3.05) is 5.75 Å². The molecule has 0 saturated heterocycles. The summed E-state index contributed by atoms with van der Waals surface area (Å²) in [5.41, 5.74) is 3.93. The van der Waals surface area contributed by atoms with Crippen molar-refractivity contribution in [3.05, 3.63) is 72.6 Å². The lowest BCUT2D eigenvalue weighted by Gasteiger charge is -2.15. The van der Waals surface area contributed by atoms with Crippen LogP contribution in [0.5, 0.6) is 0 Å². The summed E-state index contributed by atoms with van der Waals surface area (Å²) in [7, 11) is 0. The van der Waals surface area contributed by atoms with Gasteiger partial charge in [0.1, 0.15) is 18.5 Å². The summed E-state index contributed by atoms with van der Waals surface area (Å²) >= 11 is 1.57. The molecule has 8 heteroatoms. The molecule has 7 nitrogen and oxygen atoms in total. The number of nitrogens with zero attached hydrogens (tertiary/aromatic N) is 4. The number of H-pyrrole nitrogens is 1. The summed E-state index contributed by atoms with van der Waals surface area (Å²) in [6.45, 7) is 4.04. The number of aromatic amines is 1. The SMILES string of the molecule is C[C@@H](NC(=O)CS[C@H](C)c1nc2ccccc2[nH]1)c1ccc(-n2cncn2)cc1. The highest BCUT2D eigenvalue weighted by atomic mass is 32.2. The van der Waals surface area contributed by atoms with E-state index in [-0.39, 0.29) is 17.2 Å². The first kappa shape index (κ1) is 19.2. The van der Waals surface area contributed by atoms with Gasteiger partial charge in [-0.2, -0.15) is 5.10 Å². The van der Waals surface area contributed by atoms with Gasteiger partial charge in [-0.1, -0.05) is 24.3 Å². The first-order valence-electron chi connectivity index (χ1n) is 9.41. The van der Waals surface area contributed by atoms with Crippen LogP contribution in [0.15, 0.2) is 61.2 Å². The Bertz CT molecular complexity index is 1060. The molecule has 2 heterocycles. The van der Waals surface area contributed by atoms with Gasteiger partial charge in [0.05, 0.1) is 33.8 Å². The van der Waals surface area contributed by atoms with E-state index in [0.29, 0.717) is 5.75 Å². The van der Waals surface area contributed by atoms with Crippen LogP contribution in [0.2, 0.25) is 0 Å². The molecular weight excluding hydrogens is 384 g/mol. The molecule has 4 rings (SSSR count). The van der Waals surface area contributed by atoms with Crippen molar-refractivity contribution in [1.29, 1.82) is 0 Å². The van der Waals surface area contributed by atoms with Crippen LogP contribution in [-0.4, -0.2) is 36.4 Å². The van der Waals surface area contributed by atoms with Gasteiger partial charge in [-0.15, -0.1) is 11.8 Å². The summed E-state index contributed by atoms with van der Waals surface area (Å²) in [5, 5.41) is 7.28. The molecule has 0 fully saturated rings. The van der Waals surface area contributed by atoms with E-state index in [9.17, 15) is 4.79 Å². The van der Waals surface area contributed by atoms with E-state index in [2.05, 4.69) is 32.3 Å². The molecule has 0 aliphatic carbocycles. The molecule has 4 aromatic rings. The molecule has 2 aromatic heterocycles. The van der Waals surface area contributed by atoms with E-state index in [0.717, 1.165) is 28.1 Å². The number of nitrogens with one attached hydrogen (secondary N) is 2. The topological polar surface area (TPSA) is 88.5 Å². The molecule has 2 aromatic carbocycles. The molecule has 0 unspecified atom stereocenters. The maximum absolute atomic E-state index is 12.4. The van der Waals surface area contributed by atoms with E-state index in [1.54, 1.807) is 22.8 Å². The second-order valence-electron chi connectivity index (χ2n) is 6.81. The van der Waals surface area contributed by atoms with E-state index in [1.807, 2.05) is 55.5 Å². The lowest BCUT2D eigenvalue weighted by Crippen LogP contribution is -2.28. The van der Waals surface area contributed by atoms with Gasteiger partial charge in [-0.3, -0.25) is 4.79 Å². The van der Waals surface area contributed by atoms with Crippen molar-refractivity contribution in [3.8, 4) is 5.69 Å². The standard InChI is InChI=1S/C21H22N6OS/c1-14(16-7-9-17(10-8-16)27-13-22-12-23-27)24-20(28)11-29-15(2)21-25-18-5-3-4-6-19(18)26-21/h3-10,12-15H,11H2,1-2H3,(H,24,28)(H,25,26)/t14-,15-/m1/s1. The van der Waals surface area contributed by atoms with Crippen molar-refractivity contribution in [1.82, 2.24) is 30.0 Å². The number of amides is 1. The van der Waals surface area contributed by atoms with Crippen LogP contribution in [0, 0.1) is 0 Å². The summed E-state index contributed by atoms with van der Waals surface area (Å²) in [6, 6.07) is 15.8. The molecule has 2 N–H and O–H groups in total. The average molecular weight is 407 g/mol. The number of imidazole rings is 1. The highest BCUT2D eigenvalue weighted by Crippen LogP contribution is 2.27. The average Bonchev–Trinajstić information content (AvgIpc) is 3.42. The monoisotopic (exact) mass is 406 g/mol. The van der Waals surface area contributed by atoms with Gasteiger partial charge in [0.15, 0.2) is 0 Å². The minimum atomic E-state index is -0.0746. The van der Waals surface area contributed by atoms with Gasteiger partial charge in [0, 0.05) is 0 Å². The Kier molecular flexibility index (Phi) is 5.62. The minimum Gasteiger partial charge on any atom is -0.349 e. The van der Waals surface area contributed by atoms with Crippen LogP contribution in [-0.2, 0) is 4.79 Å². The largest absolute Gasteiger partial charge is 0.349 e. The third-order valence-electron chi connectivity index (χ3n) is 4.71. The first-order chi connectivity index (χ1) is 14.1. The maximum Gasteiger partial charge on any atom is 0.230 e. The smallest absolute Gasteiger partial charge is 0.230 e. The number of carbonyl (C=O) groups excluding carboxylic acids is 1. The summed E-state index contributed by atoms with van der Waals surface area (Å²) in [5.74, 6) is 1.27. The molecule has 0 bridgehead atoms. The Morgan fingerprint density at radius 2 is 1.97 bits per heavy atom. The normalized spacial score (nSPS) is 13.3. The summed E-state index contributed by atoms with van der Waals surface area (Å²) in [6.07, 6.45) is 3.15. The summed E-state index contributed by atoms with van der Waals surface area (Å²) < 4.78 is 1.70. The van der Waals surface area contributed by atoms with Crippen LogP contribution in [0.25, 0.3) is 16.7 Å². The van der Waals surface area contributed by atoms with Crippen LogP contribution in [0.3, 0.4) is 0 Å². The Balaban J connectivity index is 1.30. The van der Waals surface area contributed by atoms with Gasteiger partial charge in [-0.25, -0.2) is 14.6 Å². The first-order valence-corrected chi connectivity index (χ1v) is 10.5. The van der Waals surface area contributed by atoms with Crippen LogP contribution >= 0.6 is 11.8 Å². The van der Waals surface area contributed by atoms with Crippen molar-refractivity contribution in [2.45, 2.75) is 25.1 Å². The fourth-order valence-corrected chi connectivity index (χ4v) is 3.82. The lowest BCUT2D eigenvalue weighted by molar-refractivity contribution is -0.119. The number of carbonyl (C=O) groups is 1. The highest BCUT2D eigenvalue weighted by Gasteiger charge is 2.15. The molecule has 0 saturated carbocycles. The molecule has 1 amide bonds. The van der Waals surface area contributed by atoms with Gasteiger partial charge < -0.3 is 10.3 Å². The quantitative estimate of drug-likeness (QED) is 0.487. The van der Waals surface area contributed by atoms with E-state index < -0.39 is 0 Å². The molecule has 2 atom stereocenters. The van der Waals surface area contributed by atoms with Crippen molar-refractivity contribution in [2.24, 2.45) is 0 Å². The van der Waals surface area contributed by atoms with Crippen LogP contribution < -0.4 is 5.32 Å². The minimum absolute atomic E-state index is 0.00538. The van der Waals surface area contributed by atoms with Gasteiger partial charge in [-0.05, 0) is 43.7 Å². The van der Waals surface area contributed by atoms with E-state index in [4.69, 9.17) is 0 Å². The number of aromatic nitrogens is 5. The van der Waals surface area contributed by atoms with E-state index >= 15 is 0 Å². The molecule has 0 aliphatic rings. The number of benzene rings is 2. The van der Waals surface area contributed by atoms with Gasteiger partial charge in [0.25, 0.3) is 0 Å². The van der Waals surface area contributed by atoms with Crippen molar-refractivity contribution in [3.63, 3.8) is 0 Å². The number of hydrogen-bond donors (Lipinski definition) is 2. The third kappa shape index (κ3) is 4.48. The predicted molar refractivity (Wildman–Crippen MR) is 115 cm³/mol. The Labute approximate surface area is 173 Å². The third-order valence-corrected chi connectivity index (χ3v) is 5.86. The second-order valence-corrected chi connectivity index (χ2v) is 8.14. The van der Waals surface area contributed by atoms with Crippen LogP contribution in [0.4, 0.5) is 0 Å². The fraction of sp³-hybridized carbons (Fsp3) is 0.238. The Morgan fingerprint density at radius 3 is 2.69 bits per heavy atom. The molecule has 0 spiro atoms. The van der Waals surface area contributed by atoms with E-state index in [1.165, 1.54) is 6.33 Å². The zero-order chi connectivity index (χ0) is 20.2. The van der Waals surface area contributed by atoms with Crippen molar-refractivity contribution >= 4 is 28.7 Å². The Hall–Kier alpha value is -3.13. The zero-order valence-electron chi connectivity index (χ0n) is 16.2. The molecule has 0 aliphatic heterocycles. The number of rotatable bonds is 7.